The minimum atomic E-state index is -3.99. The first-order chi connectivity index (χ1) is 15.7. The number of carbonyl (C=O) groups excluding carboxylic acids is 2. The van der Waals surface area contributed by atoms with Crippen molar-refractivity contribution in [2.24, 2.45) is 0 Å². The first-order valence-corrected chi connectivity index (χ1v) is 12.8. The van der Waals surface area contributed by atoms with Crippen LogP contribution < -0.4 is 25.0 Å². The van der Waals surface area contributed by atoms with Crippen molar-refractivity contribution in [3.63, 3.8) is 0 Å². The highest BCUT2D eigenvalue weighted by molar-refractivity contribution is 8.19. The molecule has 0 saturated heterocycles. The summed E-state index contributed by atoms with van der Waals surface area (Å²) in [6.07, 6.45) is 1.87. The summed E-state index contributed by atoms with van der Waals surface area (Å²) >= 11 is 13.1. The Morgan fingerprint density at radius 3 is 2.61 bits per heavy atom. The number of alkyl halides is 1. The van der Waals surface area contributed by atoms with E-state index in [1.165, 1.54) is 11.0 Å². The number of halogens is 2. The lowest BCUT2D eigenvalue weighted by molar-refractivity contribution is 0.0937. The monoisotopic (exact) mass is 528 g/mol. The Labute approximate surface area is 204 Å². The summed E-state index contributed by atoms with van der Waals surface area (Å²) < 4.78 is 31.8. The van der Waals surface area contributed by atoms with Crippen molar-refractivity contribution in [3.8, 4) is 5.75 Å². The summed E-state index contributed by atoms with van der Waals surface area (Å²) in [6.45, 7) is -0.00350. The highest BCUT2D eigenvalue weighted by atomic mass is 35.5. The summed E-state index contributed by atoms with van der Waals surface area (Å²) in [5.41, 5.74) is 1.84. The van der Waals surface area contributed by atoms with Crippen LogP contribution in [0.3, 0.4) is 0 Å². The normalized spacial score (nSPS) is 17.7. The molecule has 0 radical (unpaired) electrons. The number of thioether (sulfide) groups is 1. The van der Waals surface area contributed by atoms with Gasteiger partial charge in [-0.15, -0.1) is 11.6 Å². The molecule has 0 aromatic heterocycles. The van der Waals surface area contributed by atoms with Gasteiger partial charge in [-0.05, 0) is 36.8 Å². The number of hydrogen-bond acceptors (Lipinski definition) is 7. The molecule has 1 atom stereocenters. The van der Waals surface area contributed by atoms with Gasteiger partial charge in [-0.1, -0.05) is 29.4 Å². The van der Waals surface area contributed by atoms with Crippen LogP contribution in [-0.2, 0) is 10.0 Å². The molecule has 0 aliphatic carbocycles. The van der Waals surface area contributed by atoms with E-state index in [9.17, 15) is 18.0 Å². The van der Waals surface area contributed by atoms with E-state index in [2.05, 4.69) is 10.6 Å². The molecular weight excluding hydrogens is 511 g/mol. The van der Waals surface area contributed by atoms with Crippen molar-refractivity contribution < 1.29 is 22.7 Å². The molecule has 1 unspecified atom stereocenters. The molecule has 13 heteroatoms. The van der Waals surface area contributed by atoms with Crippen LogP contribution in [-0.4, -0.2) is 38.8 Å². The summed E-state index contributed by atoms with van der Waals surface area (Å²) in [4.78, 5) is 26.5. The zero-order chi connectivity index (χ0) is 23.8. The van der Waals surface area contributed by atoms with Gasteiger partial charge in [-0.25, -0.2) is 17.9 Å². The van der Waals surface area contributed by atoms with Gasteiger partial charge in [0.25, 0.3) is 15.9 Å². The van der Waals surface area contributed by atoms with Crippen LogP contribution in [0.5, 0.6) is 5.75 Å². The standard InChI is InChI=1S/C20H18Cl2N4O5S2/c1-23-15-9-16-13(8-14(15)21)19(27)26(10-31-16)12-4-2-11(3-5-12)24-20(28)25-33(29,30)18-7-6-17(22)32-18/h2-5,7-9,17,23H,6,10H2,1H3,(H2,24,25,28). The third kappa shape index (κ3) is 5.01. The molecule has 3 amide bonds. The molecule has 4 rings (SSSR count). The average Bonchev–Trinajstić information content (AvgIpc) is 3.22. The molecule has 2 aliphatic rings. The number of fused-ring (bicyclic) bond motifs is 1. The Hall–Kier alpha value is -2.60. The van der Waals surface area contributed by atoms with Crippen LogP contribution in [0.4, 0.5) is 21.9 Å². The van der Waals surface area contributed by atoms with E-state index in [1.54, 1.807) is 43.4 Å². The van der Waals surface area contributed by atoms with Gasteiger partial charge in [0, 0.05) is 24.5 Å². The highest BCUT2D eigenvalue weighted by Crippen LogP contribution is 2.37. The molecule has 0 saturated carbocycles. The van der Waals surface area contributed by atoms with Gasteiger partial charge < -0.3 is 15.4 Å². The minimum absolute atomic E-state index is 0.00350. The lowest BCUT2D eigenvalue weighted by atomic mass is 10.1. The Morgan fingerprint density at radius 1 is 1.24 bits per heavy atom. The van der Waals surface area contributed by atoms with Crippen molar-refractivity contribution in [1.82, 2.24) is 4.72 Å². The summed E-state index contributed by atoms with van der Waals surface area (Å²) in [5, 5.41) is 5.78. The fourth-order valence-electron chi connectivity index (χ4n) is 3.20. The molecule has 9 nitrogen and oxygen atoms in total. The average molecular weight is 529 g/mol. The lowest BCUT2D eigenvalue weighted by Gasteiger charge is -2.29. The number of benzene rings is 2. The number of allylic oxidation sites excluding steroid dienone is 1. The van der Waals surface area contributed by atoms with E-state index in [0.29, 0.717) is 39.8 Å². The van der Waals surface area contributed by atoms with E-state index in [4.69, 9.17) is 27.9 Å². The van der Waals surface area contributed by atoms with Gasteiger partial charge in [0.2, 0.25) is 0 Å². The van der Waals surface area contributed by atoms with E-state index in [-0.39, 0.29) is 21.6 Å². The van der Waals surface area contributed by atoms with Crippen molar-refractivity contribution in [2.45, 2.75) is 11.1 Å². The van der Waals surface area contributed by atoms with Gasteiger partial charge in [0.15, 0.2) is 6.73 Å². The predicted octanol–water partition coefficient (Wildman–Crippen LogP) is 4.37. The lowest BCUT2D eigenvalue weighted by Crippen LogP contribution is -2.38. The van der Waals surface area contributed by atoms with E-state index in [0.717, 1.165) is 11.8 Å². The van der Waals surface area contributed by atoms with E-state index >= 15 is 0 Å². The SMILES string of the molecule is CNc1cc2c(cc1Cl)C(=O)N(c1ccc(NC(=O)NS(=O)(=O)C3=CCC(Cl)S3)cc1)CO2. The maximum Gasteiger partial charge on any atom is 0.333 e. The quantitative estimate of drug-likeness (QED) is 0.493. The molecule has 2 aromatic rings. The molecule has 33 heavy (non-hydrogen) atoms. The van der Waals surface area contributed by atoms with Crippen molar-refractivity contribution in [1.29, 1.82) is 0 Å². The number of anilines is 3. The zero-order valence-electron chi connectivity index (χ0n) is 17.1. The topological polar surface area (TPSA) is 117 Å². The number of nitrogens with one attached hydrogen (secondary N) is 3. The van der Waals surface area contributed by atoms with Gasteiger partial charge in [-0.2, -0.15) is 0 Å². The van der Waals surface area contributed by atoms with Gasteiger partial charge in [-0.3, -0.25) is 9.69 Å². The van der Waals surface area contributed by atoms with Gasteiger partial charge >= 0.3 is 6.03 Å². The Kier molecular flexibility index (Phi) is 6.66. The Balaban J connectivity index is 1.43. The predicted molar refractivity (Wildman–Crippen MR) is 131 cm³/mol. The minimum Gasteiger partial charge on any atom is -0.472 e. The number of nitrogens with zero attached hydrogens (tertiary/aromatic N) is 1. The molecular formula is C20H18Cl2N4O5S2. The number of carbonyl (C=O) groups is 2. The summed E-state index contributed by atoms with van der Waals surface area (Å²) in [7, 11) is -2.27. The second kappa shape index (κ2) is 9.34. The molecule has 0 bridgehead atoms. The number of sulfonamides is 1. The van der Waals surface area contributed by atoms with E-state index < -0.39 is 16.1 Å². The van der Waals surface area contributed by atoms with Gasteiger partial charge in [0.1, 0.15) is 9.99 Å². The van der Waals surface area contributed by atoms with E-state index in [1.807, 2.05) is 4.72 Å². The van der Waals surface area contributed by atoms with Crippen LogP contribution in [0.2, 0.25) is 5.02 Å². The first kappa shape index (κ1) is 23.6. The number of amides is 3. The first-order valence-electron chi connectivity index (χ1n) is 9.58. The third-order valence-corrected chi connectivity index (χ3v) is 8.51. The van der Waals surface area contributed by atoms with Crippen LogP contribution in [0.1, 0.15) is 16.8 Å². The van der Waals surface area contributed by atoms with Crippen LogP contribution in [0.15, 0.2) is 46.7 Å². The second-order valence-electron chi connectivity index (χ2n) is 6.98. The molecule has 0 spiro atoms. The van der Waals surface area contributed by atoms with Crippen molar-refractivity contribution >= 4 is 74.0 Å². The number of hydrogen-bond donors (Lipinski definition) is 3. The van der Waals surface area contributed by atoms with Crippen molar-refractivity contribution in [2.75, 3.05) is 29.3 Å². The molecule has 2 aromatic carbocycles. The molecule has 2 aliphatic heterocycles. The Bertz CT molecular complexity index is 1250. The zero-order valence-corrected chi connectivity index (χ0v) is 20.2. The highest BCUT2D eigenvalue weighted by Gasteiger charge is 2.29. The van der Waals surface area contributed by atoms with Crippen LogP contribution in [0.25, 0.3) is 0 Å². The molecule has 174 valence electrons. The smallest absolute Gasteiger partial charge is 0.333 e. The van der Waals surface area contributed by atoms with Crippen molar-refractivity contribution in [3.05, 3.63) is 57.3 Å². The third-order valence-electron chi connectivity index (χ3n) is 4.81. The molecule has 0 fully saturated rings. The molecule has 3 N–H and O–H groups in total. The maximum atomic E-state index is 12.9. The number of ether oxygens (including phenoxy) is 1. The van der Waals surface area contributed by atoms with Crippen LogP contribution in [0, 0.1) is 0 Å². The molecule has 2 heterocycles. The number of rotatable bonds is 5. The number of urea groups is 1. The summed E-state index contributed by atoms with van der Waals surface area (Å²) in [6, 6.07) is 8.59. The largest absolute Gasteiger partial charge is 0.472 e. The summed E-state index contributed by atoms with van der Waals surface area (Å²) in [5.74, 6) is 0.141. The fraction of sp³-hybridized carbons (Fsp3) is 0.200. The fourth-order valence-corrected chi connectivity index (χ4v) is 6.32. The maximum absolute atomic E-state index is 12.9. The van der Waals surface area contributed by atoms with Gasteiger partial charge in [0.05, 0.1) is 21.0 Å². The second-order valence-corrected chi connectivity index (χ2v) is 11.3. The Morgan fingerprint density at radius 2 is 1.97 bits per heavy atom. The van der Waals surface area contributed by atoms with Crippen LogP contribution >= 0.6 is 35.0 Å².